The van der Waals surface area contributed by atoms with E-state index in [4.69, 9.17) is 11.6 Å². The van der Waals surface area contributed by atoms with E-state index in [0.29, 0.717) is 10.6 Å². The maximum Gasteiger partial charge on any atom is 0.128 e. The summed E-state index contributed by atoms with van der Waals surface area (Å²) in [5.74, 6) is -0.353. The first-order chi connectivity index (χ1) is 9.05. The smallest absolute Gasteiger partial charge is 0.128 e. The summed E-state index contributed by atoms with van der Waals surface area (Å²) in [5, 5.41) is 13.3. The molecule has 0 amide bonds. The molecule has 0 bridgehead atoms. The molecule has 0 fully saturated rings. The van der Waals surface area contributed by atoms with Crippen molar-refractivity contribution in [2.75, 3.05) is 11.9 Å². The van der Waals surface area contributed by atoms with E-state index >= 15 is 0 Å². The Morgan fingerprint density at radius 2 is 1.95 bits per heavy atom. The Morgan fingerprint density at radius 3 is 2.58 bits per heavy atom. The molecule has 1 unspecified atom stereocenters. The van der Waals surface area contributed by atoms with Gasteiger partial charge in [-0.2, -0.15) is 0 Å². The first kappa shape index (κ1) is 13.8. The van der Waals surface area contributed by atoms with Crippen LogP contribution in [0.15, 0.2) is 48.5 Å². The lowest BCUT2D eigenvalue weighted by Gasteiger charge is -2.31. The second kappa shape index (κ2) is 5.59. The number of aliphatic hydroxyl groups is 1. The van der Waals surface area contributed by atoms with Crippen LogP contribution in [0.1, 0.15) is 12.5 Å². The maximum absolute atomic E-state index is 13.9. The van der Waals surface area contributed by atoms with Crippen LogP contribution in [-0.4, -0.2) is 11.7 Å². The highest BCUT2D eigenvalue weighted by Gasteiger charge is 2.28. The van der Waals surface area contributed by atoms with Gasteiger partial charge in [0.2, 0.25) is 0 Å². The number of benzene rings is 2. The van der Waals surface area contributed by atoms with Crippen molar-refractivity contribution in [3.05, 3.63) is 64.9 Å². The van der Waals surface area contributed by atoms with Crippen molar-refractivity contribution >= 4 is 17.3 Å². The molecule has 0 saturated heterocycles. The van der Waals surface area contributed by atoms with Crippen molar-refractivity contribution in [3.8, 4) is 0 Å². The lowest BCUT2D eigenvalue weighted by Crippen LogP contribution is -2.36. The van der Waals surface area contributed by atoms with E-state index in [1.54, 1.807) is 43.3 Å². The van der Waals surface area contributed by atoms with Crippen LogP contribution in [0.2, 0.25) is 5.02 Å². The first-order valence-electron chi connectivity index (χ1n) is 5.95. The van der Waals surface area contributed by atoms with Crippen LogP contribution in [0.3, 0.4) is 0 Å². The molecule has 2 rings (SSSR count). The zero-order valence-electron chi connectivity index (χ0n) is 10.5. The van der Waals surface area contributed by atoms with Crippen molar-refractivity contribution in [1.82, 2.24) is 0 Å². The van der Waals surface area contributed by atoms with Gasteiger partial charge in [-0.15, -0.1) is 0 Å². The van der Waals surface area contributed by atoms with Crippen molar-refractivity contribution in [1.29, 1.82) is 0 Å². The van der Waals surface area contributed by atoms with E-state index in [9.17, 15) is 9.50 Å². The minimum Gasteiger partial charge on any atom is -0.394 e. The highest BCUT2D eigenvalue weighted by molar-refractivity contribution is 6.30. The summed E-state index contributed by atoms with van der Waals surface area (Å²) in [4.78, 5) is 0. The third-order valence-electron chi connectivity index (χ3n) is 3.03. The molecule has 0 saturated carbocycles. The Labute approximate surface area is 116 Å². The zero-order valence-corrected chi connectivity index (χ0v) is 11.3. The summed E-state index contributed by atoms with van der Waals surface area (Å²) >= 11 is 5.92. The number of nitrogens with one attached hydrogen (secondary N) is 1. The number of rotatable bonds is 4. The van der Waals surface area contributed by atoms with Crippen LogP contribution < -0.4 is 5.32 Å². The van der Waals surface area contributed by atoms with Crippen molar-refractivity contribution in [2.24, 2.45) is 0 Å². The summed E-state index contributed by atoms with van der Waals surface area (Å²) in [6.07, 6.45) is 0. The molecular weight excluding hydrogens is 265 g/mol. The topological polar surface area (TPSA) is 32.3 Å². The summed E-state index contributed by atoms with van der Waals surface area (Å²) in [7, 11) is 0. The molecule has 1 atom stereocenters. The number of hydrogen-bond acceptors (Lipinski definition) is 2. The molecule has 100 valence electrons. The number of halogens is 2. The lowest BCUT2D eigenvalue weighted by molar-refractivity contribution is 0.220. The van der Waals surface area contributed by atoms with Crippen LogP contribution in [0.25, 0.3) is 0 Å². The number of aliphatic hydroxyl groups excluding tert-OH is 1. The van der Waals surface area contributed by atoms with Gasteiger partial charge in [-0.05, 0) is 31.2 Å². The van der Waals surface area contributed by atoms with Gasteiger partial charge < -0.3 is 10.4 Å². The van der Waals surface area contributed by atoms with Crippen molar-refractivity contribution in [3.63, 3.8) is 0 Å². The summed E-state index contributed by atoms with van der Waals surface area (Å²) < 4.78 is 13.9. The van der Waals surface area contributed by atoms with E-state index in [-0.39, 0.29) is 12.4 Å². The largest absolute Gasteiger partial charge is 0.394 e. The SMILES string of the molecule is CC(CO)(Nc1cccc(Cl)c1)c1ccccc1F. The molecular formula is C15H15ClFNO. The Balaban J connectivity index is 2.36. The van der Waals surface area contributed by atoms with Crippen LogP contribution in [0.5, 0.6) is 0 Å². The van der Waals surface area contributed by atoms with E-state index in [1.165, 1.54) is 6.07 Å². The van der Waals surface area contributed by atoms with Gasteiger partial charge >= 0.3 is 0 Å². The van der Waals surface area contributed by atoms with Gasteiger partial charge in [0.05, 0.1) is 12.1 Å². The summed E-state index contributed by atoms with van der Waals surface area (Å²) in [6, 6.07) is 13.5. The fourth-order valence-corrected chi connectivity index (χ4v) is 2.18. The Kier molecular flexibility index (Phi) is 4.08. The molecule has 2 aromatic carbocycles. The second-order valence-corrected chi connectivity index (χ2v) is 5.04. The molecule has 2 nitrogen and oxygen atoms in total. The van der Waals surface area contributed by atoms with Gasteiger partial charge in [-0.25, -0.2) is 4.39 Å². The zero-order chi connectivity index (χ0) is 13.9. The molecule has 0 aliphatic carbocycles. The van der Waals surface area contributed by atoms with Gasteiger partial charge in [0.15, 0.2) is 0 Å². The molecule has 0 heterocycles. The van der Waals surface area contributed by atoms with E-state index in [0.717, 1.165) is 5.69 Å². The molecule has 0 radical (unpaired) electrons. The Morgan fingerprint density at radius 1 is 1.21 bits per heavy atom. The Hall–Kier alpha value is -1.58. The highest BCUT2D eigenvalue weighted by atomic mass is 35.5. The fourth-order valence-electron chi connectivity index (χ4n) is 1.99. The molecule has 0 aromatic heterocycles. The predicted octanol–water partition coefficient (Wildman–Crippen LogP) is 3.80. The molecule has 2 aromatic rings. The number of hydrogen-bond donors (Lipinski definition) is 2. The molecule has 0 aliphatic rings. The van der Waals surface area contributed by atoms with Gasteiger partial charge in [0.1, 0.15) is 5.82 Å². The number of anilines is 1. The van der Waals surface area contributed by atoms with Gasteiger partial charge in [-0.1, -0.05) is 35.9 Å². The van der Waals surface area contributed by atoms with Gasteiger partial charge in [0, 0.05) is 16.3 Å². The van der Waals surface area contributed by atoms with E-state index < -0.39 is 5.54 Å². The summed E-state index contributed by atoms with van der Waals surface area (Å²) in [6.45, 7) is 1.51. The molecule has 19 heavy (non-hydrogen) atoms. The molecule has 0 spiro atoms. The lowest BCUT2D eigenvalue weighted by atomic mass is 9.92. The standard InChI is InChI=1S/C15H15ClFNO/c1-15(10-19,13-7-2-3-8-14(13)17)18-12-6-4-5-11(16)9-12/h2-9,18-19H,10H2,1H3. The molecule has 2 N–H and O–H groups in total. The Bertz CT molecular complexity index is 576. The van der Waals surface area contributed by atoms with E-state index in [2.05, 4.69) is 5.32 Å². The summed E-state index contributed by atoms with van der Waals surface area (Å²) in [5.41, 5.74) is 0.237. The average molecular weight is 280 g/mol. The van der Waals surface area contributed by atoms with Crippen molar-refractivity contribution < 1.29 is 9.50 Å². The molecule has 0 aliphatic heterocycles. The van der Waals surface area contributed by atoms with Crippen LogP contribution in [0.4, 0.5) is 10.1 Å². The monoisotopic (exact) mass is 279 g/mol. The molecule has 4 heteroatoms. The first-order valence-corrected chi connectivity index (χ1v) is 6.32. The highest BCUT2D eigenvalue weighted by Crippen LogP contribution is 2.28. The van der Waals surface area contributed by atoms with E-state index in [1.807, 2.05) is 6.07 Å². The van der Waals surface area contributed by atoms with Crippen LogP contribution in [0, 0.1) is 5.82 Å². The minimum absolute atomic E-state index is 0.236. The fraction of sp³-hybridized carbons (Fsp3) is 0.200. The van der Waals surface area contributed by atoms with Crippen LogP contribution >= 0.6 is 11.6 Å². The third kappa shape index (κ3) is 3.06. The van der Waals surface area contributed by atoms with Gasteiger partial charge in [0.25, 0.3) is 0 Å². The van der Waals surface area contributed by atoms with Gasteiger partial charge in [-0.3, -0.25) is 0 Å². The maximum atomic E-state index is 13.9. The van der Waals surface area contributed by atoms with Crippen LogP contribution in [-0.2, 0) is 5.54 Å². The quantitative estimate of drug-likeness (QED) is 0.892. The van der Waals surface area contributed by atoms with Crippen molar-refractivity contribution in [2.45, 2.75) is 12.5 Å². The third-order valence-corrected chi connectivity index (χ3v) is 3.26. The minimum atomic E-state index is -0.907. The average Bonchev–Trinajstić information content (AvgIpc) is 2.39. The predicted molar refractivity (Wildman–Crippen MR) is 75.9 cm³/mol. The normalized spacial score (nSPS) is 13.9. The second-order valence-electron chi connectivity index (χ2n) is 4.61.